The summed E-state index contributed by atoms with van der Waals surface area (Å²) < 4.78 is 11.9. The van der Waals surface area contributed by atoms with Gasteiger partial charge in [0, 0.05) is 32.2 Å². The SMILES string of the molecule is CCN1CCN([C@@H](C)[C@@H]2COc3ccccc3O2)CC1. The number of fused-ring (bicyclic) bond motifs is 1. The summed E-state index contributed by atoms with van der Waals surface area (Å²) in [7, 11) is 0. The summed E-state index contributed by atoms with van der Waals surface area (Å²) in [6, 6.07) is 8.33. The summed E-state index contributed by atoms with van der Waals surface area (Å²) in [5.74, 6) is 1.74. The second kappa shape index (κ2) is 6.02. The molecule has 0 bridgehead atoms. The standard InChI is InChI=1S/C16H24N2O2/c1-3-17-8-10-18(11-9-17)13(2)16-12-19-14-6-4-5-7-15(14)20-16/h4-7,13,16H,3,8-12H2,1-2H3/t13-,16-/m0/s1. The number of likely N-dealkylation sites (N-methyl/N-ethyl adjacent to an activating group) is 1. The third-order valence-electron chi connectivity index (χ3n) is 4.50. The molecule has 2 atom stereocenters. The van der Waals surface area contributed by atoms with Crippen LogP contribution in [0.3, 0.4) is 0 Å². The van der Waals surface area contributed by atoms with Gasteiger partial charge in [-0.25, -0.2) is 0 Å². The Morgan fingerprint density at radius 2 is 1.85 bits per heavy atom. The van der Waals surface area contributed by atoms with Crippen LogP contribution in [0, 0.1) is 0 Å². The molecule has 4 nitrogen and oxygen atoms in total. The molecule has 0 aromatic heterocycles. The van der Waals surface area contributed by atoms with Crippen molar-refractivity contribution in [2.45, 2.75) is 26.0 Å². The van der Waals surface area contributed by atoms with Crippen LogP contribution in [0.2, 0.25) is 0 Å². The van der Waals surface area contributed by atoms with Crippen LogP contribution >= 0.6 is 0 Å². The first-order valence-electron chi connectivity index (χ1n) is 7.63. The molecule has 110 valence electrons. The van der Waals surface area contributed by atoms with Crippen molar-refractivity contribution in [3.05, 3.63) is 24.3 Å². The van der Waals surface area contributed by atoms with Crippen molar-refractivity contribution in [1.29, 1.82) is 0 Å². The minimum Gasteiger partial charge on any atom is -0.486 e. The summed E-state index contributed by atoms with van der Waals surface area (Å²) in [4.78, 5) is 5.02. The highest BCUT2D eigenvalue weighted by molar-refractivity contribution is 5.40. The Balaban J connectivity index is 1.60. The van der Waals surface area contributed by atoms with Crippen molar-refractivity contribution in [3.63, 3.8) is 0 Å². The maximum absolute atomic E-state index is 6.12. The Hall–Kier alpha value is -1.26. The Bertz CT molecular complexity index is 444. The first-order valence-corrected chi connectivity index (χ1v) is 7.63. The third kappa shape index (κ3) is 2.76. The molecule has 2 aliphatic rings. The molecule has 0 spiro atoms. The van der Waals surface area contributed by atoms with E-state index < -0.39 is 0 Å². The van der Waals surface area contributed by atoms with Gasteiger partial charge in [-0.05, 0) is 25.6 Å². The molecule has 0 amide bonds. The molecule has 0 aliphatic carbocycles. The molecule has 1 aromatic carbocycles. The number of piperazine rings is 1. The number of rotatable bonds is 3. The van der Waals surface area contributed by atoms with E-state index >= 15 is 0 Å². The lowest BCUT2D eigenvalue weighted by molar-refractivity contribution is 0.00264. The fourth-order valence-corrected chi connectivity index (χ4v) is 3.00. The predicted molar refractivity (Wildman–Crippen MR) is 79.5 cm³/mol. The van der Waals surface area contributed by atoms with E-state index in [1.165, 1.54) is 0 Å². The zero-order chi connectivity index (χ0) is 13.9. The minimum atomic E-state index is 0.123. The lowest BCUT2D eigenvalue weighted by Crippen LogP contribution is -2.55. The zero-order valence-corrected chi connectivity index (χ0v) is 12.4. The summed E-state index contributed by atoms with van der Waals surface area (Å²) >= 11 is 0. The van der Waals surface area contributed by atoms with E-state index in [0.29, 0.717) is 12.6 Å². The number of benzene rings is 1. The van der Waals surface area contributed by atoms with Crippen molar-refractivity contribution in [1.82, 2.24) is 9.80 Å². The van der Waals surface area contributed by atoms with E-state index in [1.54, 1.807) is 0 Å². The number of hydrogen-bond acceptors (Lipinski definition) is 4. The normalized spacial score (nSPS) is 25.4. The average molecular weight is 276 g/mol. The maximum atomic E-state index is 6.12. The Morgan fingerprint density at radius 1 is 1.15 bits per heavy atom. The molecule has 0 unspecified atom stereocenters. The Labute approximate surface area is 121 Å². The van der Waals surface area contributed by atoms with E-state index in [0.717, 1.165) is 44.2 Å². The summed E-state index contributed by atoms with van der Waals surface area (Å²) in [6.07, 6.45) is 0.123. The van der Waals surface area contributed by atoms with Gasteiger partial charge < -0.3 is 14.4 Å². The van der Waals surface area contributed by atoms with Crippen LogP contribution in [0.5, 0.6) is 11.5 Å². The van der Waals surface area contributed by atoms with Gasteiger partial charge in [-0.15, -0.1) is 0 Å². The molecule has 1 aromatic rings. The van der Waals surface area contributed by atoms with Gasteiger partial charge in [-0.2, -0.15) is 0 Å². The van der Waals surface area contributed by atoms with Gasteiger partial charge >= 0.3 is 0 Å². The summed E-state index contributed by atoms with van der Waals surface area (Å²) in [6.45, 7) is 10.8. The van der Waals surface area contributed by atoms with E-state index in [-0.39, 0.29) is 6.10 Å². The van der Waals surface area contributed by atoms with Crippen molar-refractivity contribution in [2.24, 2.45) is 0 Å². The predicted octanol–water partition coefficient (Wildman–Crippen LogP) is 1.85. The van der Waals surface area contributed by atoms with Crippen LogP contribution in [0.15, 0.2) is 24.3 Å². The molecule has 0 N–H and O–H groups in total. The first-order chi connectivity index (χ1) is 9.78. The van der Waals surface area contributed by atoms with Gasteiger partial charge in [0.05, 0.1) is 0 Å². The van der Waals surface area contributed by atoms with Crippen molar-refractivity contribution in [3.8, 4) is 11.5 Å². The molecule has 0 saturated carbocycles. The highest BCUT2D eigenvalue weighted by atomic mass is 16.6. The fraction of sp³-hybridized carbons (Fsp3) is 0.625. The second-order valence-corrected chi connectivity index (χ2v) is 5.62. The van der Waals surface area contributed by atoms with Crippen LogP contribution < -0.4 is 9.47 Å². The van der Waals surface area contributed by atoms with E-state index in [9.17, 15) is 0 Å². The molecule has 3 rings (SSSR count). The van der Waals surface area contributed by atoms with E-state index in [1.807, 2.05) is 24.3 Å². The third-order valence-corrected chi connectivity index (χ3v) is 4.50. The maximum Gasteiger partial charge on any atom is 0.161 e. The highest BCUT2D eigenvalue weighted by Gasteiger charge is 2.31. The summed E-state index contributed by atoms with van der Waals surface area (Å²) in [5, 5.41) is 0. The number of ether oxygens (including phenoxy) is 2. The molecular weight excluding hydrogens is 252 g/mol. The Kier molecular flexibility index (Phi) is 4.13. The molecule has 0 radical (unpaired) electrons. The molecule has 1 saturated heterocycles. The van der Waals surface area contributed by atoms with Gasteiger partial charge in [-0.1, -0.05) is 19.1 Å². The number of para-hydroxylation sites is 2. The van der Waals surface area contributed by atoms with Gasteiger partial charge in [-0.3, -0.25) is 4.90 Å². The number of hydrogen-bond donors (Lipinski definition) is 0. The van der Waals surface area contributed by atoms with Crippen LogP contribution in [-0.2, 0) is 0 Å². The van der Waals surface area contributed by atoms with Gasteiger partial charge in [0.2, 0.25) is 0 Å². The van der Waals surface area contributed by atoms with Crippen LogP contribution in [0.1, 0.15) is 13.8 Å². The van der Waals surface area contributed by atoms with Gasteiger partial charge in [0.1, 0.15) is 12.7 Å². The lowest BCUT2D eigenvalue weighted by atomic mass is 10.1. The minimum absolute atomic E-state index is 0.123. The smallest absolute Gasteiger partial charge is 0.161 e. The first kappa shape index (κ1) is 13.7. The largest absolute Gasteiger partial charge is 0.486 e. The highest BCUT2D eigenvalue weighted by Crippen LogP contribution is 2.32. The van der Waals surface area contributed by atoms with Crippen LogP contribution in [0.4, 0.5) is 0 Å². The van der Waals surface area contributed by atoms with E-state index in [2.05, 4.69) is 23.6 Å². The Morgan fingerprint density at radius 3 is 2.55 bits per heavy atom. The topological polar surface area (TPSA) is 24.9 Å². The van der Waals surface area contributed by atoms with Crippen molar-refractivity contribution in [2.75, 3.05) is 39.3 Å². The van der Waals surface area contributed by atoms with Crippen molar-refractivity contribution >= 4 is 0 Å². The lowest BCUT2D eigenvalue weighted by Gasteiger charge is -2.41. The fourth-order valence-electron chi connectivity index (χ4n) is 3.00. The molecule has 4 heteroatoms. The quantitative estimate of drug-likeness (QED) is 0.841. The van der Waals surface area contributed by atoms with Crippen LogP contribution in [-0.4, -0.2) is 61.3 Å². The summed E-state index contributed by atoms with van der Waals surface area (Å²) in [5.41, 5.74) is 0. The number of nitrogens with zero attached hydrogens (tertiary/aromatic N) is 2. The van der Waals surface area contributed by atoms with Gasteiger partial charge in [0.15, 0.2) is 11.5 Å². The zero-order valence-electron chi connectivity index (χ0n) is 12.4. The van der Waals surface area contributed by atoms with Crippen LogP contribution in [0.25, 0.3) is 0 Å². The monoisotopic (exact) mass is 276 g/mol. The van der Waals surface area contributed by atoms with E-state index in [4.69, 9.17) is 9.47 Å². The molecule has 1 fully saturated rings. The second-order valence-electron chi connectivity index (χ2n) is 5.62. The van der Waals surface area contributed by atoms with Gasteiger partial charge in [0.25, 0.3) is 0 Å². The molecular formula is C16H24N2O2. The molecule has 20 heavy (non-hydrogen) atoms. The van der Waals surface area contributed by atoms with Crippen molar-refractivity contribution < 1.29 is 9.47 Å². The average Bonchev–Trinajstić information content (AvgIpc) is 2.54. The molecule has 2 heterocycles. The molecule has 2 aliphatic heterocycles.